The average Bonchev–Trinajstić information content (AvgIpc) is 3.98. The maximum atomic E-state index is 6.33. The molecule has 0 saturated carbocycles. The molecule has 2 heterocycles. The molecule has 2 aromatic heterocycles. The molecule has 0 bridgehead atoms. The summed E-state index contributed by atoms with van der Waals surface area (Å²) in [7, 11) is 0. The monoisotopic (exact) mass is 880 g/mol. The molecule has 0 amide bonds. The lowest BCUT2D eigenvalue weighted by Gasteiger charge is -2.29. The highest BCUT2D eigenvalue weighted by molar-refractivity contribution is 6.16. The van der Waals surface area contributed by atoms with E-state index in [1.54, 1.807) is 0 Å². The fourth-order valence-electron chi connectivity index (χ4n) is 10.6. The molecule has 0 N–H and O–H groups in total. The number of hydrogen-bond donors (Lipinski definition) is 0. The van der Waals surface area contributed by atoms with Gasteiger partial charge < -0.3 is 13.9 Å². The van der Waals surface area contributed by atoms with Crippen LogP contribution in [-0.4, -0.2) is 4.57 Å². The van der Waals surface area contributed by atoms with Gasteiger partial charge >= 0.3 is 0 Å². The second-order valence-corrected chi connectivity index (χ2v) is 17.6. The van der Waals surface area contributed by atoms with E-state index < -0.39 is 0 Å². The summed E-state index contributed by atoms with van der Waals surface area (Å²) in [6.07, 6.45) is 0. The summed E-state index contributed by atoms with van der Waals surface area (Å²) in [5, 5.41) is 4.71. The standard InChI is InChI=1S/C66H44N2O/c1-3-20-45(21-4-1)51-26-7-8-27-54(51)55-28-9-10-29-56(55)57-30-11-14-35-60(57)67(49-42-40-46(41-43-49)52-34-19-39-64-66(52)59-32-13-16-38-63(59)69-64)50-25-17-22-47(44-50)53-33-18-37-62-65(53)58-31-12-15-36-61(58)68(62)48-23-5-2-6-24-48/h1-44H. The molecule has 0 aliphatic rings. The van der Waals surface area contributed by atoms with Gasteiger partial charge in [0.1, 0.15) is 11.2 Å². The summed E-state index contributed by atoms with van der Waals surface area (Å²) in [6, 6.07) is 96.2. The maximum Gasteiger partial charge on any atom is 0.136 e. The number of anilines is 3. The molecule has 0 spiro atoms. The van der Waals surface area contributed by atoms with E-state index in [1.165, 1.54) is 49.6 Å². The van der Waals surface area contributed by atoms with Gasteiger partial charge in [0, 0.05) is 44.2 Å². The van der Waals surface area contributed by atoms with Gasteiger partial charge in [-0.2, -0.15) is 0 Å². The lowest BCUT2D eigenvalue weighted by Crippen LogP contribution is -2.11. The average molecular weight is 881 g/mol. The van der Waals surface area contributed by atoms with E-state index in [0.717, 1.165) is 72.5 Å². The van der Waals surface area contributed by atoms with Crippen molar-refractivity contribution < 1.29 is 4.42 Å². The number of rotatable bonds is 9. The molecule has 3 nitrogen and oxygen atoms in total. The van der Waals surface area contributed by atoms with Crippen LogP contribution in [0.2, 0.25) is 0 Å². The summed E-state index contributed by atoms with van der Waals surface area (Å²) in [5.41, 5.74) is 20.1. The zero-order chi connectivity index (χ0) is 45.7. The highest BCUT2D eigenvalue weighted by Gasteiger charge is 2.23. The zero-order valence-electron chi connectivity index (χ0n) is 37.7. The predicted octanol–water partition coefficient (Wildman–Crippen LogP) is 18.5. The Hall–Kier alpha value is -9.18. The second kappa shape index (κ2) is 16.9. The molecule has 0 atom stereocenters. The largest absolute Gasteiger partial charge is 0.456 e. The van der Waals surface area contributed by atoms with Crippen molar-refractivity contribution in [1.82, 2.24) is 4.57 Å². The van der Waals surface area contributed by atoms with E-state index in [-0.39, 0.29) is 0 Å². The minimum atomic E-state index is 0.888. The lowest BCUT2D eigenvalue weighted by atomic mass is 9.88. The minimum absolute atomic E-state index is 0.888. The number of benzene rings is 11. The molecule has 3 heteroatoms. The Kier molecular flexibility index (Phi) is 9.84. The topological polar surface area (TPSA) is 21.3 Å². The summed E-state index contributed by atoms with van der Waals surface area (Å²) >= 11 is 0. The fraction of sp³-hybridized carbons (Fsp3) is 0. The molecule has 69 heavy (non-hydrogen) atoms. The van der Waals surface area contributed by atoms with Crippen LogP contribution in [0.1, 0.15) is 0 Å². The number of fused-ring (bicyclic) bond motifs is 6. The molecule has 324 valence electrons. The molecular formula is C66H44N2O. The first-order valence-corrected chi connectivity index (χ1v) is 23.6. The van der Waals surface area contributed by atoms with Crippen molar-refractivity contribution in [3.8, 4) is 61.3 Å². The van der Waals surface area contributed by atoms with Gasteiger partial charge in [-0.05, 0) is 117 Å². The van der Waals surface area contributed by atoms with Crippen LogP contribution in [0.5, 0.6) is 0 Å². The molecule has 0 radical (unpaired) electrons. The summed E-state index contributed by atoms with van der Waals surface area (Å²) < 4.78 is 8.72. The van der Waals surface area contributed by atoms with Crippen molar-refractivity contribution in [1.29, 1.82) is 0 Å². The fourth-order valence-corrected chi connectivity index (χ4v) is 10.6. The normalized spacial score (nSPS) is 11.5. The number of para-hydroxylation sites is 4. The Morgan fingerprint density at radius 1 is 0.290 bits per heavy atom. The number of nitrogens with zero attached hydrogens (tertiary/aromatic N) is 2. The lowest BCUT2D eigenvalue weighted by molar-refractivity contribution is 0.669. The molecule has 0 aliphatic carbocycles. The van der Waals surface area contributed by atoms with Gasteiger partial charge in [0.15, 0.2) is 0 Å². The number of aromatic nitrogens is 1. The Morgan fingerprint density at radius 3 is 1.58 bits per heavy atom. The van der Waals surface area contributed by atoms with E-state index in [9.17, 15) is 0 Å². The van der Waals surface area contributed by atoms with Gasteiger partial charge in [0.25, 0.3) is 0 Å². The van der Waals surface area contributed by atoms with Crippen molar-refractivity contribution in [2.24, 2.45) is 0 Å². The van der Waals surface area contributed by atoms with E-state index in [0.29, 0.717) is 0 Å². The van der Waals surface area contributed by atoms with Crippen molar-refractivity contribution in [3.63, 3.8) is 0 Å². The Morgan fingerprint density at radius 2 is 0.797 bits per heavy atom. The van der Waals surface area contributed by atoms with Gasteiger partial charge in [-0.3, -0.25) is 0 Å². The third-order valence-electron chi connectivity index (χ3n) is 13.6. The van der Waals surface area contributed by atoms with E-state index in [4.69, 9.17) is 4.42 Å². The molecule has 0 aliphatic heterocycles. The first-order valence-electron chi connectivity index (χ1n) is 23.6. The van der Waals surface area contributed by atoms with E-state index >= 15 is 0 Å². The van der Waals surface area contributed by atoms with Crippen molar-refractivity contribution in [3.05, 3.63) is 267 Å². The van der Waals surface area contributed by atoms with E-state index in [2.05, 4.69) is 264 Å². The molecule has 0 unspecified atom stereocenters. The van der Waals surface area contributed by atoms with Crippen LogP contribution in [0, 0.1) is 0 Å². The highest BCUT2D eigenvalue weighted by atomic mass is 16.3. The molecule has 11 aromatic carbocycles. The Balaban J connectivity index is 1.01. The first kappa shape index (κ1) is 40.1. The smallest absolute Gasteiger partial charge is 0.136 e. The van der Waals surface area contributed by atoms with Crippen molar-refractivity contribution in [2.75, 3.05) is 4.90 Å². The summed E-state index contributed by atoms with van der Waals surface area (Å²) in [6.45, 7) is 0. The van der Waals surface area contributed by atoms with Gasteiger partial charge in [-0.25, -0.2) is 0 Å². The van der Waals surface area contributed by atoms with E-state index in [1.807, 2.05) is 12.1 Å². The van der Waals surface area contributed by atoms with Crippen LogP contribution in [0.4, 0.5) is 17.1 Å². The second-order valence-electron chi connectivity index (χ2n) is 17.6. The maximum absolute atomic E-state index is 6.33. The predicted molar refractivity (Wildman–Crippen MR) is 290 cm³/mol. The van der Waals surface area contributed by atoms with Crippen LogP contribution < -0.4 is 4.90 Å². The van der Waals surface area contributed by atoms with Gasteiger partial charge in [0.05, 0.1) is 16.7 Å². The molecule has 0 fully saturated rings. The SMILES string of the molecule is c1ccc(-c2ccccc2-c2ccccc2-c2ccccc2N(c2ccc(-c3cccc4oc5ccccc5c34)cc2)c2cccc(-c3cccc4c3c3ccccc3n4-c3ccccc3)c2)cc1. The molecule has 13 aromatic rings. The van der Waals surface area contributed by atoms with Crippen LogP contribution in [-0.2, 0) is 0 Å². The van der Waals surface area contributed by atoms with Crippen molar-refractivity contribution in [2.45, 2.75) is 0 Å². The number of hydrogen-bond acceptors (Lipinski definition) is 2. The van der Waals surface area contributed by atoms with Gasteiger partial charge in [0.2, 0.25) is 0 Å². The summed E-state index contributed by atoms with van der Waals surface area (Å²) in [4.78, 5) is 2.43. The van der Waals surface area contributed by atoms with Crippen LogP contribution in [0.15, 0.2) is 271 Å². The third-order valence-corrected chi connectivity index (χ3v) is 13.6. The molecule has 13 rings (SSSR count). The van der Waals surface area contributed by atoms with Gasteiger partial charge in [-0.1, -0.05) is 200 Å². The molecule has 0 saturated heterocycles. The van der Waals surface area contributed by atoms with Crippen LogP contribution in [0.3, 0.4) is 0 Å². The number of furan rings is 1. The highest BCUT2D eigenvalue weighted by Crippen LogP contribution is 2.47. The van der Waals surface area contributed by atoms with Crippen LogP contribution in [0.25, 0.3) is 105 Å². The van der Waals surface area contributed by atoms with Crippen LogP contribution >= 0.6 is 0 Å². The minimum Gasteiger partial charge on any atom is -0.456 e. The van der Waals surface area contributed by atoms with Crippen molar-refractivity contribution >= 4 is 60.8 Å². The molecular weight excluding hydrogens is 837 g/mol. The third kappa shape index (κ3) is 6.91. The summed E-state index contributed by atoms with van der Waals surface area (Å²) in [5.74, 6) is 0. The first-order chi connectivity index (χ1) is 34.3. The Labute approximate surface area is 401 Å². The quantitative estimate of drug-likeness (QED) is 0.144. The van der Waals surface area contributed by atoms with Gasteiger partial charge in [-0.15, -0.1) is 0 Å². The zero-order valence-corrected chi connectivity index (χ0v) is 37.7. The Bertz CT molecular complexity index is 4010.